The standard InChI is InChI=1S/C26H19BrClNO3/c1-15-3-5-18(6-4-15)25(30)16(2)32-26(31)22-14-24(17-7-9-19(27)10-8-17)29-23-12-11-20(28)13-21(22)23/h3-14,16H,1-2H3/t16-/m0/s1. The summed E-state index contributed by atoms with van der Waals surface area (Å²) in [4.78, 5) is 30.6. The average molecular weight is 509 g/mol. The summed E-state index contributed by atoms with van der Waals surface area (Å²) in [7, 11) is 0. The van der Waals surface area contributed by atoms with Crippen molar-refractivity contribution in [1.82, 2.24) is 4.98 Å². The normalized spacial score (nSPS) is 11.9. The number of hydrogen-bond donors (Lipinski definition) is 0. The monoisotopic (exact) mass is 507 g/mol. The first-order chi connectivity index (χ1) is 15.3. The van der Waals surface area contributed by atoms with E-state index in [1.165, 1.54) is 0 Å². The molecule has 0 saturated carbocycles. The predicted octanol–water partition coefficient (Wildman–Crippen LogP) is 7.05. The van der Waals surface area contributed by atoms with E-state index in [9.17, 15) is 9.59 Å². The van der Waals surface area contributed by atoms with Crippen LogP contribution in [-0.2, 0) is 4.74 Å². The summed E-state index contributed by atoms with van der Waals surface area (Å²) in [6.45, 7) is 3.52. The van der Waals surface area contributed by atoms with Crippen molar-refractivity contribution in [1.29, 1.82) is 0 Å². The van der Waals surface area contributed by atoms with Crippen molar-refractivity contribution in [2.45, 2.75) is 20.0 Å². The summed E-state index contributed by atoms with van der Waals surface area (Å²) >= 11 is 9.61. The first-order valence-corrected chi connectivity index (χ1v) is 11.2. The van der Waals surface area contributed by atoms with Gasteiger partial charge in [-0.1, -0.05) is 69.5 Å². The number of aryl methyl sites for hydroxylation is 1. The highest BCUT2D eigenvalue weighted by atomic mass is 79.9. The summed E-state index contributed by atoms with van der Waals surface area (Å²) in [5.74, 6) is -0.867. The Hall–Kier alpha value is -3.02. The Kier molecular flexibility index (Phi) is 6.40. The highest BCUT2D eigenvalue weighted by molar-refractivity contribution is 9.10. The number of ketones is 1. The van der Waals surface area contributed by atoms with E-state index in [-0.39, 0.29) is 5.78 Å². The molecule has 0 N–H and O–H groups in total. The van der Waals surface area contributed by atoms with Gasteiger partial charge in [0.2, 0.25) is 5.78 Å². The molecule has 0 fully saturated rings. The molecule has 1 atom stereocenters. The quantitative estimate of drug-likeness (QED) is 0.214. The third-order valence-corrected chi connectivity index (χ3v) is 5.88. The van der Waals surface area contributed by atoms with Crippen LogP contribution in [-0.4, -0.2) is 22.8 Å². The van der Waals surface area contributed by atoms with Crippen LogP contribution in [0.25, 0.3) is 22.2 Å². The first kappa shape index (κ1) is 22.2. The molecule has 3 aromatic carbocycles. The second kappa shape index (κ2) is 9.23. The SMILES string of the molecule is Cc1ccc(C(=O)[C@H](C)OC(=O)c2cc(-c3ccc(Br)cc3)nc3ccc(Cl)cc23)cc1. The van der Waals surface area contributed by atoms with E-state index in [0.717, 1.165) is 15.6 Å². The smallest absolute Gasteiger partial charge is 0.339 e. The van der Waals surface area contributed by atoms with Crippen molar-refractivity contribution >= 4 is 50.2 Å². The van der Waals surface area contributed by atoms with E-state index >= 15 is 0 Å². The van der Waals surface area contributed by atoms with Gasteiger partial charge in [0.15, 0.2) is 6.10 Å². The molecule has 160 valence electrons. The zero-order chi connectivity index (χ0) is 22.8. The number of rotatable bonds is 5. The van der Waals surface area contributed by atoms with Crippen molar-refractivity contribution in [2.75, 3.05) is 0 Å². The van der Waals surface area contributed by atoms with Crippen LogP contribution < -0.4 is 0 Å². The summed E-state index contributed by atoms with van der Waals surface area (Å²) in [6.07, 6.45) is -0.941. The lowest BCUT2D eigenvalue weighted by Crippen LogP contribution is -2.24. The Balaban J connectivity index is 1.70. The molecule has 32 heavy (non-hydrogen) atoms. The van der Waals surface area contributed by atoms with Gasteiger partial charge in [0.05, 0.1) is 16.8 Å². The first-order valence-electron chi connectivity index (χ1n) is 10.00. The Bertz CT molecular complexity index is 1320. The van der Waals surface area contributed by atoms with Crippen LogP contribution in [0.4, 0.5) is 0 Å². The van der Waals surface area contributed by atoms with Gasteiger partial charge >= 0.3 is 5.97 Å². The van der Waals surface area contributed by atoms with Crippen LogP contribution in [0.15, 0.2) is 77.3 Å². The van der Waals surface area contributed by atoms with Crippen LogP contribution in [0, 0.1) is 6.92 Å². The molecule has 0 aliphatic carbocycles. The van der Waals surface area contributed by atoms with Gasteiger partial charge in [0.1, 0.15) is 0 Å². The predicted molar refractivity (Wildman–Crippen MR) is 130 cm³/mol. The summed E-state index contributed by atoms with van der Waals surface area (Å²) < 4.78 is 6.52. The number of pyridine rings is 1. The molecule has 4 nitrogen and oxygen atoms in total. The minimum absolute atomic E-state index is 0.261. The number of esters is 1. The summed E-state index contributed by atoms with van der Waals surface area (Å²) in [5, 5.41) is 1.05. The average Bonchev–Trinajstić information content (AvgIpc) is 2.78. The van der Waals surface area contributed by atoms with Gasteiger partial charge in [0.25, 0.3) is 0 Å². The summed E-state index contributed by atoms with van der Waals surface area (Å²) in [6, 6.07) is 21.6. The number of aromatic nitrogens is 1. The van der Waals surface area contributed by atoms with Gasteiger partial charge in [-0.2, -0.15) is 0 Å². The van der Waals surface area contributed by atoms with E-state index < -0.39 is 12.1 Å². The lowest BCUT2D eigenvalue weighted by atomic mass is 10.0. The molecule has 0 saturated heterocycles. The van der Waals surface area contributed by atoms with Gasteiger partial charge in [-0.15, -0.1) is 0 Å². The molecule has 0 amide bonds. The van der Waals surface area contributed by atoms with Crippen molar-refractivity contribution < 1.29 is 14.3 Å². The topological polar surface area (TPSA) is 56.3 Å². The fraction of sp³-hybridized carbons (Fsp3) is 0.115. The maximum atomic E-state index is 13.2. The lowest BCUT2D eigenvalue weighted by molar-refractivity contribution is 0.0320. The maximum absolute atomic E-state index is 13.2. The largest absolute Gasteiger partial charge is 0.451 e. The minimum Gasteiger partial charge on any atom is -0.451 e. The van der Waals surface area contributed by atoms with Gasteiger partial charge in [-0.05, 0) is 50.2 Å². The second-order valence-electron chi connectivity index (χ2n) is 7.50. The van der Waals surface area contributed by atoms with Crippen molar-refractivity contribution in [3.63, 3.8) is 0 Å². The van der Waals surface area contributed by atoms with E-state index in [4.69, 9.17) is 16.3 Å². The van der Waals surface area contributed by atoms with Crippen LogP contribution in [0.2, 0.25) is 5.02 Å². The molecule has 4 aromatic rings. The highest BCUT2D eigenvalue weighted by Crippen LogP contribution is 2.28. The zero-order valence-corrected chi connectivity index (χ0v) is 19.8. The second-order valence-corrected chi connectivity index (χ2v) is 8.85. The van der Waals surface area contributed by atoms with E-state index in [1.54, 1.807) is 43.3 Å². The molecule has 6 heteroatoms. The molecular formula is C26H19BrClNO3. The number of carbonyl (C=O) groups excluding carboxylic acids is 2. The molecule has 4 rings (SSSR count). The van der Waals surface area contributed by atoms with Gasteiger partial charge < -0.3 is 4.74 Å². The van der Waals surface area contributed by atoms with E-state index in [2.05, 4.69) is 20.9 Å². The fourth-order valence-electron chi connectivity index (χ4n) is 3.37. The zero-order valence-electron chi connectivity index (χ0n) is 17.4. The number of benzene rings is 3. The van der Waals surface area contributed by atoms with Crippen LogP contribution in [0.3, 0.4) is 0 Å². The number of nitrogens with zero attached hydrogens (tertiary/aromatic N) is 1. The number of halogens is 2. The van der Waals surface area contributed by atoms with Crippen LogP contribution in [0.5, 0.6) is 0 Å². The minimum atomic E-state index is -0.941. The van der Waals surface area contributed by atoms with E-state index in [1.807, 2.05) is 43.3 Å². The molecule has 0 bridgehead atoms. The Morgan fingerprint density at radius 2 is 1.66 bits per heavy atom. The van der Waals surface area contributed by atoms with Crippen LogP contribution >= 0.6 is 27.5 Å². The Morgan fingerprint density at radius 1 is 0.969 bits per heavy atom. The number of hydrogen-bond acceptors (Lipinski definition) is 4. The molecule has 0 unspecified atom stereocenters. The number of ether oxygens (including phenoxy) is 1. The molecule has 0 spiro atoms. The number of carbonyl (C=O) groups is 2. The molecule has 0 radical (unpaired) electrons. The Morgan fingerprint density at radius 3 is 2.34 bits per heavy atom. The summed E-state index contributed by atoms with van der Waals surface area (Å²) in [5.41, 5.74) is 3.93. The van der Waals surface area contributed by atoms with Crippen molar-refractivity contribution in [2.24, 2.45) is 0 Å². The third kappa shape index (κ3) is 4.74. The van der Waals surface area contributed by atoms with Gasteiger partial charge in [-0.3, -0.25) is 4.79 Å². The third-order valence-electron chi connectivity index (χ3n) is 5.12. The molecule has 1 aromatic heterocycles. The van der Waals surface area contributed by atoms with E-state index in [0.29, 0.717) is 32.7 Å². The van der Waals surface area contributed by atoms with Crippen molar-refractivity contribution in [3.05, 3.63) is 99.0 Å². The molecule has 0 aliphatic heterocycles. The fourth-order valence-corrected chi connectivity index (χ4v) is 3.80. The molecule has 0 aliphatic rings. The highest BCUT2D eigenvalue weighted by Gasteiger charge is 2.23. The lowest BCUT2D eigenvalue weighted by Gasteiger charge is -2.15. The van der Waals surface area contributed by atoms with Gasteiger partial charge in [-0.25, -0.2) is 9.78 Å². The van der Waals surface area contributed by atoms with Gasteiger partial charge in [0, 0.05) is 26.0 Å². The number of Topliss-reactive ketones (excluding diaryl/α,β-unsaturated/α-hetero) is 1. The van der Waals surface area contributed by atoms with Crippen molar-refractivity contribution in [3.8, 4) is 11.3 Å². The number of fused-ring (bicyclic) bond motifs is 1. The Labute approximate surface area is 199 Å². The maximum Gasteiger partial charge on any atom is 0.339 e. The van der Waals surface area contributed by atoms with Crippen LogP contribution in [0.1, 0.15) is 33.2 Å². The molecular weight excluding hydrogens is 490 g/mol. The molecule has 1 heterocycles.